The molecular formula is C18H17F13O2. The topological polar surface area (TPSA) is 18.5 Å². The van der Waals surface area contributed by atoms with E-state index in [1.54, 1.807) is 0 Å². The van der Waals surface area contributed by atoms with E-state index in [9.17, 15) is 57.1 Å². The van der Waals surface area contributed by atoms with Gasteiger partial charge in [-0.15, -0.1) is 0 Å². The van der Waals surface area contributed by atoms with E-state index in [1.165, 1.54) is 13.0 Å². The van der Waals surface area contributed by atoms with Crippen LogP contribution in [-0.2, 0) is 10.3 Å². The molecule has 0 N–H and O–H groups in total. The van der Waals surface area contributed by atoms with Crippen molar-refractivity contribution in [1.82, 2.24) is 0 Å². The predicted molar refractivity (Wildman–Crippen MR) is 87.4 cm³/mol. The van der Waals surface area contributed by atoms with Crippen LogP contribution >= 0.6 is 0 Å². The van der Waals surface area contributed by atoms with Gasteiger partial charge >= 0.3 is 35.8 Å². The lowest BCUT2D eigenvalue weighted by atomic mass is 9.84. The Balaban J connectivity index is 3.51. The fraction of sp³-hybridized carbons (Fsp3) is 0.667. The SMILES string of the molecule is CCOc1cccc(C(C)(CC(F)(F)C(F)(F)C(F)(F)C(F)(F)C(F)(F)C(F)(F)F)OC)c1. The highest BCUT2D eigenvalue weighted by Gasteiger charge is 2.90. The molecule has 0 aromatic heterocycles. The fourth-order valence-corrected chi connectivity index (χ4v) is 2.71. The number of benzene rings is 1. The summed E-state index contributed by atoms with van der Waals surface area (Å²) in [6.45, 7) is 2.22. The van der Waals surface area contributed by atoms with Crippen LogP contribution in [0, 0.1) is 0 Å². The Hall–Kier alpha value is -1.93. The molecule has 0 radical (unpaired) electrons. The highest BCUT2D eigenvalue weighted by molar-refractivity contribution is 5.33. The first-order chi connectivity index (χ1) is 14.6. The van der Waals surface area contributed by atoms with Crippen LogP contribution in [-0.4, -0.2) is 49.5 Å². The Labute approximate surface area is 178 Å². The van der Waals surface area contributed by atoms with E-state index in [1.807, 2.05) is 0 Å². The van der Waals surface area contributed by atoms with Crippen LogP contribution in [0.5, 0.6) is 5.75 Å². The third-order valence-corrected chi connectivity index (χ3v) is 4.76. The van der Waals surface area contributed by atoms with Crippen LogP contribution in [0.15, 0.2) is 24.3 Å². The summed E-state index contributed by atoms with van der Waals surface area (Å²) in [6.07, 6.45) is -9.96. The predicted octanol–water partition coefficient (Wildman–Crippen LogP) is 7.08. The third kappa shape index (κ3) is 4.69. The summed E-state index contributed by atoms with van der Waals surface area (Å²) < 4.78 is 183. The molecule has 192 valence electrons. The largest absolute Gasteiger partial charge is 0.494 e. The maximum absolute atomic E-state index is 14.3. The molecule has 0 aliphatic rings. The summed E-state index contributed by atoms with van der Waals surface area (Å²) in [5.74, 6) is -37.2. The number of halogens is 13. The van der Waals surface area contributed by atoms with Gasteiger partial charge in [0.15, 0.2) is 0 Å². The molecular weight excluding hydrogens is 495 g/mol. The minimum absolute atomic E-state index is 0.0185. The van der Waals surface area contributed by atoms with Crippen LogP contribution < -0.4 is 4.74 Å². The second kappa shape index (κ2) is 8.69. The van der Waals surface area contributed by atoms with Gasteiger partial charge in [0.2, 0.25) is 0 Å². The van der Waals surface area contributed by atoms with E-state index in [-0.39, 0.29) is 12.4 Å². The average molecular weight is 512 g/mol. The van der Waals surface area contributed by atoms with Crippen molar-refractivity contribution in [2.45, 2.75) is 61.7 Å². The molecule has 0 saturated heterocycles. The normalized spacial score (nSPS) is 16.5. The molecule has 1 aromatic rings. The van der Waals surface area contributed by atoms with Crippen LogP contribution in [0.4, 0.5) is 57.1 Å². The molecule has 0 spiro atoms. The van der Waals surface area contributed by atoms with Gasteiger partial charge in [-0.2, -0.15) is 57.1 Å². The van der Waals surface area contributed by atoms with Gasteiger partial charge in [0.05, 0.1) is 18.6 Å². The van der Waals surface area contributed by atoms with E-state index < -0.39 is 53.4 Å². The zero-order valence-corrected chi connectivity index (χ0v) is 17.0. The maximum atomic E-state index is 14.3. The lowest BCUT2D eigenvalue weighted by Gasteiger charge is -2.42. The van der Waals surface area contributed by atoms with Crippen LogP contribution in [0.25, 0.3) is 0 Å². The Morgan fingerprint density at radius 2 is 1.21 bits per heavy atom. The van der Waals surface area contributed by atoms with Crippen molar-refractivity contribution in [2.75, 3.05) is 13.7 Å². The quantitative estimate of drug-likeness (QED) is 0.312. The number of hydrogen-bond acceptors (Lipinski definition) is 2. The van der Waals surface area contributed by atoms with Crippen molar-refractivity contribution in [3.63, 3.8) is 0 Å². The summed E-state index contributed by atoms with van der Waals surface area (Å²) in [5.41, 5.74) is -3.03. The molecule has 1 rings (SSSR count). The molecule has 33 heavy (non-hydrogen) atoms. The summed E-state index contributed by atoms with van der Waals surface area (Å²) in [7, 11) is 0.659. The lowest BCUT2D eigenvalue weighted by Crippen LogP contribution is -2.70. The molecule has 15 heteroatoms. The van der Waals surface area contributed by atoms with Gasteiger partial charge in [0, 0.05) is 7.11 Å². The van der Waals surface area contributed by atoms with Crippen LogP contribution in [0.2, 0.25) is 0 Å². The van der Waals surface area contributed by atoms with Gasteiger partial charge in [-0.05, 0) is 31.5 Å². The van der Waals surface area contributed by atoms with E-state index in [4.69, 9.17) is 4.74 Å². The Kier molecular flexibility index (Phi) is 7.67. The van der Waals surface area contributed by atoms with Gasteiger partial charge in [-0.1, -0.05) is 12.1 Å². The Morgan fingerprint density at radius 3 is 1.64 bits per heavy atom. The van der Waals surface area contributed by atoms with E-state index in [0.717, 1.165) is 18.2 Å². The molecule has 0 aliphatic carbocycles. The molecule has 0 saturated carbocycles. The molecule has 2 nitrogen and oxygen atoms in total. The fourth-order valence-electron chi connectivity index (χ4n) is 2.71. The number of ether oxygens (including phenoxy) is 2. The minimum Gasteiger partial charge on any atom is -0.494 e. The smallest absolute Gasteiger partial charge is 0.460 e. The lowest BCUT2D eigenvalue weighted by molar-refractivity contribution is -0.441. The first-order valence-electron chi connectivity index (χ1n) is 8.80. The Bertz CT molecular complexity index is 820. The molecule has 1 unspecified atom stereocenters. The van der Waals surface area contributed by atoms with E-state index >= 15 is 0 Å². The monoisotopic (exact) mass is 512 g/mol. The van der Waals surface area contributed by atoms with Crippen LogP contribution in [0.3, 0.4) is 0 Å². The van der Waals surface area contributed by atoms with Crippen molar-refractivity contribution in [3.8, 4) is 5.75 Å². The first-order valence-corrected chi connectivity index (χ1v) is 8.80. The average Bonchev–Trinajstić information content (AvgIpc) is 2.66. The summed E-state index contributed by atoms with van der Waals surface area (Å²) in [5, 5.41) is 0. The van der Waals surface area contributed by atoms with Gasteiger partial charge in [0.25, 0.3) is 0 Å². The maximum Gasteiger partial charge on any atom is 0.460 e. The van der Waals surface area contributed by atoms with Gasteiger partial charge in [-0.3, -0.25) is 0 Å². The van der Waals surface area contributed by atoms with Crippen molar-refractivity contribution in [3.05, 3.63) is 29.8 Å². The standard InChI is InChI=1S/C18H17F13O2/c1-4-33-11-7-5-6-10(8-11)12(2,32-3)9-13(19,20)14(21,22)15(23,24)16(25,26)17(27,28)18(29,30)31/h5-8H,4,9H2,1-3H3. The molecule has 1 atom stereocenters. The second-order valence-electron chi connectivity index (χ2n) is 7.07. The van der Waals surface area contributed by atoms with E-state index in [2.05, 4.69) is 4.74 Å². The first kappa shape index (κ1) is 29.1. The molecule has 0 aliphatic heterocycles. The number of alkyl halides is 13. The second-order valence-corrected chi connectivity index (χ2v) is 7.07. The zero-order chi connectivity index (χ0) is 26.3. The molecule has 0 fully saturated rings. The highest BCUT2D eigenvalue weighted by Crippen LogP contribution is 2.61. The van der Waals surface area contributed by atoms with E-state index in [0.29, 0.717) is 14.0 Å². The van der Waals surface area contributed by atoms with Gasteiger partial charge < -0.3 is 9.47 Å². The van der Waals surface area contributed by atoms with Crippen LogP contribution in [0.1, 0.15) is 25.8 Å². The van der Waals surface area contributed by atoms with Crippen molar-refractivity contribution >= 4 is 0 Å². The van der Waals surface area contributed by atoms with Gasteiger partial charge in [0.1, 0.15) is 5.75 Å². The number of methoxy groups -OCH3 is 1. The van der Waals surface area contributed by atoms with Gasteiger partial charge in [-0.25, -0.2) is 0 Å². The van der Waals surface area contributed by atoms with Crippen molar-refractivity contribution in [2.24, 2.45) is 0 Å². The number of hydrogen-bond donors (Lipinski definition) is 0. The molecule has 0 heterocycles. The molecule has 0 amide bonds. The summed E-state index contributed by atoms with van der Waals surface area (Å²) in [6, 6.07) is 4.39. The number of rotatable bonds is 10. The Morgan fingerprint density at radius 1 is 0.727 bits per heavy atom. The third-order valence-electron chi connectivity index (χ3n) is 4.76. The summed E-state index contributed by atoms with van der Waals surface area (Å²) >= 11 is 0. The zero-order valence-electron chi connectivity index (χ0n) is 17.0. The summed E-state index contributed by atoms with van der Waals surface area (Å²) in [4.78, 5) is 0. The molecule has 1 aromatic carbocycles. The molecule has 0 bridgehead atoms. The van der Waals surface area contributed by atoms with Crippen molar-refractivity contribution in [1.29, 1.82) is 0 Å². The highest BCUT2D eigenvalue weighted by atomic mass is 19.4. The van der Waals surface area contributed by atoms with Crippen molar-refractivity contribution < 1.29 is 66.5 Å². The minimum atomic E-state index is -7.94.